The fourth-order valence-electron chi connectivity index (χ4n) is 3.57. The summed E-state index contributed by atoms with van der Waals surface area (Å²) >= 11 is 7.89. The van der Waals surface area contributed by atoms with Crippen LogP contribution < -0.4 is 14.8 Å². The lowest BCUT2D eigenvalue weighted by Crippen LogP contribution is -2.15. The molecule has 8 heteroatoms. The van der Waals surface area contributed by atoms with E-state index in [1.165, 1.54) is 11.8 Å². The third-order valence-electron chi connectivity index (χ3n) is 5.13. The number of methoxy groups -OCH3 is 2. The normalized spacial score (nSPS) is 15.9. The van der Waals surface area contributed by atoms with Crippen LogP contribution in [0.5, 0.6) is 11.5 Å². The van der Waals surface area contributed by atoms with Crippen molar-refractivity contribution in [3.63, 3.8) is 0 Å². The van der Waals surface area contributed by atoms with Crippen LogP contribution in [0.25, 0.3) is 5.69 Å². The molecule has 30 heavy (non-hydrogen) atoms. The van der Waals surface area contributed by atoms with Gasteiger partial charge in [-0.05, 0) is 49.7 Å². The molecule has 0 radical (unpaired) electrons. The number of carbonyl (C=O) groups is 1. The van der Waals surface area contributed by atoms with Gasteiger partial charge in [0.25, 0.3) is 0 Å². The standard InChI is InChI=1S/C22H22ClN3O3S/c1-12-5-6-14(9-17(12)23)26-22-20(13(2)25-26)21(30-11-19(27)24-22)16-10-15(28-3)7-8-18(16)29-4/h5-10,21H,11H2,1-4H3,(H,24,27)/t21-/m0/s1. The molecule has 1 atom stereocenters. The monoisotopic (exact) mass is 443 g/mol. The zero-order valence-electron chi connectivity index (χ0n) is 17.2. The van der Waals surface area contributed by atoms with Crippen LogP contribution in [0, 0.1) is 13.8 Å². The van der Waals surface area contributed by atoms with E-state index in [-0.39, 0.29) is 11.2 Å². The number of aromatic nitrogens is 2. The maximum Gasteiger partial charge on any atom is 0.235 e. The minimum atomic E-state index is -0.154. The predicted octanol–water partition coefficient (Wildman–Crippen LogP) is 4.93. The van der Waals surface area contributed by atoms with Crippen molar-refractivity contribution < 1.29 is 14.3 Å². The molecule has 0 aliphatic carbocycles. The smallest absolute Gasteiger partial charge is 0.235 e. The van der Waals surface area contributed by atoms with Gasteiger partial charge >= 0.3 is 0 Å². The number of nitrogens with one attached hydrogen (secondary N) is 1. The quantitative estimate of drug-likeness (QED) is 0.619. The molecule has 1 aliphatic heterocycles. The predicted molar refractivity (Wildman–Crippen MR) is 121 cm³/mol. The Hall–Kier alpha value is -2.64. The number of ether oxygens (including phenoxy) is 2. The lowest BCUT2D eigenvalue weighted by Gasteiger charge is -2.19. The van der Waals surface area contributed by atoms with Crippen molar-refractivity contribution in [2.24, 2.45) is 0 Å². The van der Waals surface area contributed by atoms with Crippen molar-refractivity contribution in [3.05, 3.63) is 63.8 Å². The lowest BCUT2D eigenvalue weighted by atomic mass is 10.0. The van der Waals surface area contributed by atoms with Gasteiger partial charge < -0.3 is 14.8 Å². The van der Waals surface area contributed by atoms with Gasteiger partial charge in [-0.3, -0.25) is 4.79 Å². The van der Waals surface area contributed by atoms with E-state index < -0.39 is 0 Å². The van der Waals surface area contributed by atoms with E-state index in [9.17, 15) is 4.79 Å². The largest absolute Gasteiger partial charge is 0.497 e. The third kappa shape index (κ3) is 3.63. The fourth-order valence-corrected chi connectivity index (χ4v) is 4.95. The van der Waals surface area contributed by atoms with Gasteiger partial charge in [-0.2, -0.15) is 5.10 Å². The van der Waals surface area contributed by atoms with Gasteiger partial charge in [0.2, 0.25) is 5.91 Å². The summed E-state index contributed by atoms with van der Waals surface area (Å²) in [6, 6.07) is 11.4. The summed E-state index contributed by atoms with van der Waals surface area (Å²) in [5, 5.41) is 8.27. The zero-order chi connectivity index (χ0) is 21.4. The van der Waals surface area contributed by atoms with Crippen molar-refractivity contribution in [2.45, 2.75) is 19.1 Å². The number of benzene rings is 2. The molecule has 4 rings (SSSR count). The van der Waals surface area contributed by atoms with Crippen LogP contribution in [0.15, 0.2) is 36.4 Å². The molecular formula is C22H22ClN3O3S. The number of nitrogens with zero attached hydrogens (tertiary/aromatic N) is 2. The van der Waals surface area contributed by atoms with Crippen molar-refractivity contribution in [3.8, 4) is 17.2 Å². The highest BCUT2D eigenvalue weighted by Crippen LogP contribution is 2.47. The molecule has 156 valence electrons. The average molecular weight is 444 g/mol. The zero-order valence-corrected chi connectivity index (χ0v) is 18.7. The SMILES string of the molecule is COc1ccc(OC)c([C@@H]2SCC(=O)Nc3c2c(C)nn3-c2ccc(C)c(Cl)c2)c1. The summed E-state index contributed by atoms with van der Waals surface area (Å²) in [5.41, 5.74) is 4.47. The Morgan fingerprint density at radius 2 is 1.97 bits per heavy atom. The van der Waals surface area contributed by atoms with Crippen LogP contribution in [0.4, 0.5) is 5.82 Å². The number of rotatable bonds is 4. The van der Waals surface area contributed by atoms with Crippen LogP contribution in [0.1, 0.15) is 27.6 Å². The van der Waals surface area contributed by atoms with Crippen molar-refractivity contribution in [1.82, 2.24) is 9.78 Å². The van der Waals surface area contributed by atoms with Gasteiger partial charge in [0.05, 0.1) is 36.6 Å². The summed E-state index contributed by atoms with van der Waals surface area (Å²) in [6.07, 6.45) is 0. The molecule has 1 aromatic heterocycles. The minimum absolute atomic E-state index is 0.0787. The molecule has 2 heterocycles. The van der Waals surface area contributed by atoms with Gasteiger partial charge in [-0.15, -0.1) is 11.8 Å². The molecule has 0 bridgehead atoms. The Balaban J connectivity index is 1.92. The number of amides is 1. The molecule has 0 fully saturated rings. The van der Waals surface area contributed by atoms with E-state index in [1.54, 1.807) is 18.9 Å². The van der Waals surface area contributed by atoms with Crippen LogP contribution >= 0.6 is 23.4 Å². The second-order valence-corrected chi connectivity index (χ2v) is 8.54. The topological polar surface area (TPSA) is 65.4 Å². The van der Waals surface area contributed by atoms with Crippen LogP contribution in [0.3, 0.4) is 0 Å². The van der Waals surface area contributed by atoms with Gasteiger partial charge in [0.15, 0.2) is 0 Å². The molecule has 0 spiro atoms. The summed E-state index contributed by atoms with van der Waals surface area (Å²) in [4.78, 5) is 12.6. The van der Waals surface area contributed by atoms with E-state index in [0.29, 0.717) is 16.6 Å². The van der Waals surface area contributed by atoms with E-state index >= 15 is 0 Å². The maximum absolute atomic E-state index is 12.6. The summed E-state index contributed by atoms with van der Waals surface area (Å²) < 4.78 is 12.8. The van der Waals surface area contributed by atoms with Crippen molar-refractivity contribution in [1.29, 1.82) is 0 Å². The first-order chi connectivity index (χ1) is 14.4. The van der Waals surface area contributed by atoms with Gasteiger partial charge in [-0.1, -0.05) is 17.7 Å². The van der Waals surface area contributed by atoms with Gasteiger partial charge in [-0.25, -0.2) is 4.68 Å². The lowest BCUT2D eigenvalue weighted by molar-refractivity contribution is -0.113. The first kappa shape index (κ1) is 20.6. The summed E-state index contributed by atoms with van der Waals surface area (Å²) in [7, 11) is 3.27. The van der Waals surface area contributed by atoms with Crippen molar-refractivity contribution in [2.75, 3.05) is 25.3 Å². The molecule has 3 aromatic rings. The Morgan fingerprint density at radius 1 is 1.17 bits per heavy atom. The average Bonchev–Trinajstić information content (AvgIpc) is 2.95. The minimum Gasteiger partial charge on any atom is -0.497 e. The van der Waals surface area contributed by atoms with E-state index in [0.717, 1.165) is 39.6 Å². The number of halogens is 1. The van der Waals surface area contributed by atoms with Crippen LogP contribution in [-0.4, -0.2) is 35.7 Å². The van der Waals surface area contributed by atoms with Gasteiger partial charge in [0.1, 0.15) is 17.3 Å². The molecule has 1 amide bonds. The fraction of sp³-hybridized carbons (Fsp3) is 0.273. The van der Waals surface area contributed by atoms with E-state index in [2.05, 4.69) is 5.32 Å². The van der Waals surface area contributed by atoms with Gasteiger partial charge in [0, 0.05) is 16.1 Å². The molecule has 2 aromatic carbocycles. The third-order valence-corrected chi connectivity index (χ3v) is 6.79. The molecule has 1 N–H and O–H groups in total. The molecule has 0 saturated heterocycles. The molecule has 1 aliphatic rings. The Labute approximate surface area is 184 Å². The summed E-state index contributed by atoms with van der Waals surface area (Å²) in [6.45, 7) is 3.90. The first-order valence-electron chi connectivity index (χ1n) is 9.42. The molecule has 0 unspecified atom stereocenters. The van der Waals surface area contributed by atoms with Crippen LogP contribution in [-0.2, 0) is 4.79 Å². The molecule has 6 nitrogen and oxygen atoms in total. The summed E-state index contributed by atoms with van der Waals surface area (Å²) in [5.74, 6) is 2.35. The number of carbonyl (C=O) groups excluding carboxylic acids is 1. The number of thioether (sulfide) groups is 1. The molecule has 0 saturated carbocycles. The van der Waals surface area contributed by atoms with E-state index in [1.807, 2.05) is 50.2 Å². The number of hydrogen-bond acceptors (Lipinski definition) is 5. The second-order valence-electron chi connectivity index (χ2n) is 7.04. The van der Waals surface area contributed by atoms with Crippen molar-refractivity contribution >= 4 is 35.1 Å². The maximum atomic E-state index is 12.6. The number of aryl methyl sites for hydroxylation is 2. The Kier molecular flexibility index (Phi) is 5.66. The number of hydrogen-bond donors (Lipinski definition) is 1. The highest BCUT2D eigenvalue weighted by molar-refractivity contribution is 8.00. The highest BCUT2D eigenvalue weighted by atomic mass is 35.5. The Morgan fingerprint density at radius 3 is 2.67 bits per heavy atom. The highest BCUT2D eigenvalue weighted by Gasteiger charge is 2.32. The number of anilines is 1. The second kappa shape index (κ2) is 8.24. The van der Waals surface area contributed by atoms with Crippen LogP contribution in [0.2, 0.25) is 5.02 Å². The van der Waals surface area contributed by atoms with E-state index in [4.69, 9.17) is 26.2 Å². The first-order valence-corrected chi connectivity index (χ1v) is 10.8. The Bertz CT molecular complexity index is 1130. The number of fused-ring (bicyclic) bond motifs is 1. The molecular weight excluding hydrogens is 422 g/mol.